The highest BCUT2D eigenvalue weighted by molar-refractivity contribution is 7.14. The molecule has 0 amide bonds. The Morgan fingerprint density at radius 2 is 1.96 bits per heavy atom. The first kappa shape index (κ1) is 16.7. The normalized spacial score (nSPS) is 12.0. The molecule has 2 rings (SSSR count). The zero-order chi connectivity index (χ0) is 17.0. The number of carboxylic acids is 1. The fourth-order valence-electron chi connectivity index (χ4n) is 1.58. The van der Waals surface area contributed by atoms with E-state index in [1.165, 1.54) is 5.38 Å². The Labute approximate surface area is 132 Å². The summed E-state index contributed by atoms with van der Waals surface area (Å²) in [4.78, 5) is 14.6. The van der Waals surface area contributed by atoms with Crippen molar-refractivity contribution in [3.05, 3.63) is 53.0 Å². The van der Waals surface area contributed by atoms with Gasteiger partial charge in [0.15, 0.2) is 10.8 Å². The van der Waals surface area contributed by atoms with Gasteiger partial charge in [0.2, 0.25) is 0 Å². The monoisotopic (exact) mass is 341 g/mol. The summed E-state index contributed by atoms with van der Waals surface area (Å²) in [7, 11) is 0. The van der Waals surface area contributed by atoms with Gasteiger partial charge in [-0.2, -0.15) is 13.2 Å². The molecule has 1 heterocycles. The second-order valence-electron chi connectivity index (χ2n) is 4.30. The molecule has 2 aromatic rings. The van der Waals surface area contributed by atoms with E-state index < -0.39 is 17.9 Å². The minimum absolute atomic E-state index is 0.000728. The molecule has 0 bridgehead atoms. The summed E-state index contributed by atoms with van der Waals surface area (Å²) in [5, 5.41) is 19.9. The molecule has 1 aromatic heterocycles. The molecule has 0 spiro atoms. The molecule has 0 atom stereocenters. The fraction of sp³-hybridized carbons (Fsp3) is 0.0714. The van der Waals surface area contributed by atoms with Crippen LogP contribution >= 0.6 is 11.3 Å². The van der Waals surface area contributed by atoms with Crippen LogP contribution in [0.5, 0.6) is 0 Å². The van der Waals surface area contributed by atoms with E-state index in [1.54, 1.807) is 30.3 Å². The predicted molar refractivity (Wildman–Crippen MR) is 80.9 cm³/mol. The first-order valence-corrected chi connectivity index (χ1v) is 7.04. The van der Waals surface area contributed by atoms with Gasteiger partial charge in [-0.05, 0) is 11.6 Å². The van der Waals surface area contributed by atoms with Gasteiger partial charge in [0.1, 0.15) is 5.71 Å². The third kappa shape index (κ3) is 4.39. The number of hydrogen-bond acceptors (Lipinski definition) is 5. The SMILES string of the molecule is N=C(/C=C(\Nc1nc(C(=O)O)cs1)c1ccccc1)C(F)(F)F. The van der Waals surface area contributed by atoms with Gasteiger partial charge in [-0.3, -0.25) is 5.41 Å². The molecule has 0 saturated carbocycles. The van der Waals surface area contributed by atoms with Crippen LogP contribution < -0.4 is 5.32 Å². The summed E-state index contributed by atoms with van der Waals surface area (Å²) >= 11 is 0.940. The summed E-state index contributed by atoms with van der Waals surface area (Å²) in [6.45, 7) is 0. The summed E-state index contributed by atoms with van der Waals surface area (Å²) in [5.41, 5.74) is -1.33. The standard InChI is InChI=1S/C14H10F3N3O2S/c15-14(16,17)11(18)6-9(8-4-2-1-3-5-8)19-13-20-10(7-23-13)12(21)22/h1-7,18H,(H,19,20)(H,21,22)/b9-6-,18-11?. The molecule has 0 aliphatic rings. The largest absolute Gasteiger partial charge is 0.476 e. The number of anilines is 1. The maximum atomic E-state index is 12.6. The van der Waals surface area contributed by atoms with Crippen LogP contribution in [0.25, 0.3) is 5.70 Å². The zero-order valence-corrected chi connectivity index (χ0v) is 12.2. The number of halogens is 3. The average Bonchev–Trinajstić information content (AvgIpc) is 2.95. The van der Waals surface area contributed by atoms with Crippen molar-refractivity contribution < 1.29 is 23.1 Å². The molecule has 9 heteroatoms. The highest BCUT2D eigenvalue weighted by Crippen LogP contribution is 2.25. The number of carbonyl (C=O) groups is 1. The number of rotatable bonds is 5. The van der Waals surface area contributed by atoms with Gasteiger partial charge in [-0.1, -0.05) is 30.3 Å². The van der Waals surface area contributed by atoms with E-state index in [4.69, 9.17) is 10.5 Å². The van der Waals surface area contributed by atoms with Crippen molar-refractivity contribution >= 4 is 33.8 Å². The highest BCUT2D eigenvalue weighted by Gasteiger charge is 2.33. The Hall–Kier alpha value is -2.68. The molecular weight excluding hydrogens is 331 g/mol. The number of hydrogen-bond donors (Lipinski definition) is 3. The molecule has 0 radical (unpaired) electrons. The van der Waals surface area contributed by atoms with E-state index in [-0.39, 0.29) is 16.5 Å². The molecule has 0 aliphatic carbocycles. The maximum absolute atomic E-state index is 12.6. The lowest BCUT2D eigenvalue weighted by atomic mass is 10.1. The van der Waals surface area contributed by atoms with Crippen LogP contribution in [0.4, 0.5) is 18.3 Å². The molecule has 1 aromatic carbocycles. The van der Waals surface area contributed by atoms with Crippen molar-refractivity contribution in [2.24, 2.45) is 0 Å². The number of aromatic carboxylic acids is 1. The molecule has 0 aliphatic heterocycles. The Bertz CT molecular complexity index is 754. The van der Waals surface area contributed by atoms with Gasteiger partial charge in [-0.15, -0.1) is 11.3 Å². The van der Waals surface area contributed by atoms with Crippen molar-refractivity contribution in [3.63, 3.8) is 0 Å². The Morgan fingerprint density at radius 3 is 2.48 bits per heavy atom. The van der Waals surface area contributed by atoms with Crippen molar-refractivity contribution in [2.75, 3.05) is 5.32 Å². The number of thiazole rings is 1. The Kier molecular flexibility index (Phi) is 4.80. The molecule has 120 valence electrons. The number of allylic oxidation sites excluding steroid dienone is 1. The van der Waals surface area contributed by atoms with E-state index in [0.29, 0.717) is 11.6 Å². The number of nitrogens with one attached hydrogen (secondary N) is 2. The molecular formula is C14H10F3N3O2S. The Morgan fingerprint density at radius 1 is 1.30 bits per heavy atom. The lowest BCUT2D eigenvalue weighted by Crippen LogP contribution is -2.20. The van der Waals surface area contributed by atoms with Gasteiger partial charge < -0.3 is 10.4 Å². The van der Waals surface area contributed by atoms with E-state index in [0.717, 1.165) is 11.3 Å². The molecule has 0 fully saturated rings. The van der Waals surface area contributed by atoms with Gasteiger partial charge in [-0.25, -0.2) is 9.78 Å². The molecule has 0 unspecified atom stereocenters. The lowest BCUT2D eigenvalue weighted by Gasteiger charge is -2.11. The number of aromatic nitrogens is 1. The molecule has 0 saturated heterocycles. The third-order valence-electron chi connectivity index (χ3n) is 2.64. The zero-order valence-electron chi connectivity index (χ0n) is 11.4. The fourth-order valence-corrected chi connectivity index (χ4v) is 2.28. The van der Waals surface area contributed by atoms with Crippen molar-refractivity contribution in [1.82, 2.24) is 4.98 Å². The van der Waals surface area contributed by atoms with E-state index in [9.17, 15) is 18.0 Å². The van der Waals surface area contributed by atoms with Crippen LogP contribution in [0, 0.1) is 5.41 Å². The van der Waals surface area contributed by atoms with Gasteiger partial charge >= 0.3 is 12.1 Å². The molecule has 23 heavy (non-hydrogen) atoms. The van der Waals surface area contributed by atoms with Crippen molar-refractivity contribution in [2.45, 2.75) is 6.18 Å². The summed E-state index contributed by atoms with van der Waals surface area (Å²) in [6.07, 6.45) is -4.14. The van der Waals surface area contributed by atoms with Crippen LogP contribution in [0.3, 0.4) is 0 Å². The van der Waals surface area contributed by atoms with Crippen LogP contribution in [-0.4, -0.2) is 27.9 Å². The molecule has 3 N–H and O–H groups in total. The van der Waals surface area contributed by atoms with Crippen molar-refractivity contribution in [1.29, 1.82) is 5.41 Å². The summed E-state index contributed by atoms with van der Waals surface area (Å²) in [5.74, 6) is -1.23. The molecule has 5 nitrogen and oxygen atoms in total. The smallest absolute Gasteiger partial charge is 0.432 e. The number of nitrogens with zero attached hydrogens (tertiary/aromatic N) is 1. The van der Waals surface area contributed by atoms with Gasteiger partial charge in [0, 0.05) is 11.1 Å². The van der Waals surface area contributed by atoms with E-state index >= 15 is 0 Å². The summed E-state index contributed by atoms with van der Waals surface area (Å²) < 4.78 is 37.8. The number of benzene rings is 1. The second-order valence-corrected chi connectivity index (χ2v) is 5.16. The minimum atomic E-state index is -4.78. The Balaban J connectivity index is 2.36. The quantitative estimate of drug-likeness (QED) is 0.721. The van der Waals surface area contributed by atoms with Crippen molar-refractivity contribution in [3.8, 4) is 0 Å². The van der Waals surface area contributed by atoms with Gasteiger partial charge in [0.25, 0.3) is 0 Å². The van der Waals surface area contributed by atoms with Crippen LogP contribution in [0.15, 0.2) is 41.8 Å². The lowest BCUT2D eigenvalue weighted by molar-refractivity contribution is -0.0583. The predicted octanol–water partition coefficient (Wildman–Crippen LogP) is 3.88. The summed E-state index contributed by atoms with van der Waals surface area (Å²) in [6, 6.07) is 8.09. The van der Waals surface area contributed by atoms with E-state index in [2.05, 4.69) is 10.3 Å². The minimum Gasteiger partial charge on any atom is -0.476 e. The van der Waals surface area contributed by atoms with Crippen LogP contribution in [-0.2, 0) is 0 Å². The highest BCUT2D eigenvalue weighted by atomic mass is 32.1. The number of carboxylic acid groups (broad SMARTS) is 1. The van der Waals surface area contributed by atoms with Gasteiger partial charge in [0.05, 0.1) is 0 Å². The second kappa shape index (κ2) is 6.61. The average molecular weight is 341 g/mol. The third-order valence-corrected chi connectivity index (χ3v) is 3.40. The first-order valence-electron chi connectivity index (χ1n) is 6.16. The van der Waals surface area contributed by atoms with Crippen LogP contribution in [0.2, 0.25) is 0 Å². The van der Waals surface area contributed by atoms with E-state index in [1.807, 2.05) is 0 Å². The number of alkyl halides is 3. The maximum Gasteiger partial charge on any atom is 0.432 e. The first-order chi connectivity index (χ1) is 10.8. The topological polar surface area (TPSA) is 86.1 Å². The van der Waals surface area contributed by atoms with Crippen LogP contribution in [0.1, 0.15) is 16.1 Å².